The molecule has 0 saturated heterocycles. The van der Waals surface area contributed by atoms with E-state index in [1.54, 1.807) is 6.07 Å². The predicted molar refractivity (Wildman–Crippen MR) is 100 cm³/mol. The third-order valence-electron chi connectivity index (χ3n) is 4.77. The molecule has 4 rings (SSSR count). The molecule has 0 spiro atoms. The molecule has 1 aliphatic heterocycles. The van der Waals surface area contributed by atoms with E-state index < -0.39 is 0 Å². The van der Waals surface area contributed by atoms with E-state index in [0.29, 0.717) is 10.6 Å². The predicted octanol–water partition coefficient (Wildman–Crippen LogP) is 5.63. The quantitative estimate of drug-likeness (QED) is 0.657. The molecule has 3 nitrogen and oxygen atoms in total. The van der Waals surface area contributed by atoms with E-state index in [0.717, 1.165) is 46.5 Å². The summed E-state index contributed by atoms with van der Waals surface area (Å²) in [6.45, 7) is 2.14. The van der Waals surface area contributed by atoms with E-state index >= 15 is 0 Å². The summed E-state index contributed by atoms with van der Waals surface area (Å²) in [4.78, 5) is 12.5. The summed E-state index contributed by atoms with van der Waals surface area (Å²) in [7, 11) is 0. The van der Waals surface area contributed by atoms with Crippen molar-refractivity contribution in [3.8, 4) is 0 Å². The van der Waals surface area contributed by atoms with Crippen LogP contribution in [-0.4, -0.2) is 5.91 Å². The topological polar surface area (TPSA) is 42.2 Å². The summed E-state index contributed by atoms with van der Waals surface area (Å²) in [5, 5.41) is 3.50. The molecule has 2 aromatic rings. The van der Waals surface area contributed by atoms with Gasteiger partial charge < -0.3 is 9.73 Å². The summed E-state index contributed by atoms with van der Waals surface area (Å²) in [5.41, 5.74) is 4.77. The maximum Gasteiger partial charge on any atom is 0.256 e. The summed E-state index contributed by atoms with van der Waals surface area (Å²) >= 11 is 9.63. The number of rotatable bonds is 2. The Bertz CT molecular complexity index is 882. The number of carbonyl (C=O) groups excluding carboxylic acids is 1. The molecule has 2 heterocycles. The molecular weight excluding hydrogens is 390 g/mol. The summed E-state index contributed by atoms with van der Waals surface area (Å²) in [6.07, 6.45) is 7.23. The molecule has 0 bridgehead atoms. The number of nitrogens with one attached hydrogen (secondary N) is 1. The van der Waals surface area contributed by atoms with E-state index in [1.807, 2.05) is 12.1 Å². The zero-order chi connectivity index (χ0) is 16.8. The number of benzene rings is 1. The molecule has 1 amide bonds. The van der Waals surface area contributed by atoms with Crippen LogP contribution in [-0.2, 0) is 24.1 Å². The Morgan fingerprint density at radius 1 is 1.33 bits per heavy atom. The number of hydrogen-bond donors (Lipinski definition) is 1. The second-order valence-corrected chi connectivity index (χ2v) is 7.52. The fourth-order valence-corrected chi connectivity index (χ4v) is 4.56. The molecule has 0 saturated carbocycles. The van der Waals surface area contributed by atoms with Crippen molar-refractivity contribution in [2.75, 3.05) is 5.32 Å². The van der Waals surface area contributed by atoms with Gasteiger partial charge in [-0.3, -0.25) is 4.79 Å². The zero-order valence-electron chi connectivity index (χ0n) is 13.3. The molecule has 5 heteroatoms. The van der Waals surface area contributed by atoms with Crippen LogP contribution >= 0.6 is 27.5 Å². The van der Waals surface area contributed by atoms with Crippen molar-refractivity contribution in [3.63, 3.8) is 0 Å². The van der Waals surface area contributed by atoms with Crippen molar-refractivity contribution in [3.05, 3.63) is 49.8 Å². The van der Waals surface area contributed by atoms with Gasteiger partial charge in [-0.2, -0.15) is 0 Å². The van der Waals surface area contributed by atoms with Crippen molar-refractivity contribution in [1.29, 1.82) is 0 Å². The second-order valence-electron chi connectivity index (χ2n) is 6.23. The molecule has 1 aromatic heterocycles. The Kier molecular flexibility index (Phi) is 4.05. The minimum Gasteiger partial charge on any atom is -0.461 e. The summed E-state index contributed by atoms with van der Waals surface area (Å²) in [6, 6.07) is 3.60. The highest BCUT2D eigenvalue weighted by Gasteiger charge is 2.28. The third kappa shape index (κ3) is 2.52. The third-order valence-corrected chi connectivity index (χ3v) is 5.61. The Morgan fingerprint density at radius 2 is 2.12 bits per heavy atom. The molecule has 124 valence electrons. The largest absolute Gasteiger partial charge is 0.461 e. The van der Waals surface area contributed by atoms with Crippen LogP contribution in [0.4, 0.5) is 5.69 Å². The fraction of sp³-hybridized carbons (Fsp3) is 0.316. The van der Waals surface area contributed by atoms with Crippen molar-refractivity contribution in [1.82, 2.24) is 0 Å². The number of aryl methyl sites for hydroxylation is 1. The lowest BCUT2D eigenvalue weighted by Crippen LogP contribution is -2.04. The number of amides is 1. The Hall–Kier alpha value is -1.52. The van der Waals surface area contributed by atoms with Crippen LogP contribution in [0.15, 0.2) is 21.0 Å². The summed E-state index contributed by atoms with van der Waals surface area (Å²) < 4.78 is 6.90. The van der Waals surface area contributed by atoms with Crippen LogP contribution < -0.4 is 5.32 Å². The van der Waals surface area contributed by atoms with Gasteiger partial charge in [-0.25, -0.2) is 0 Å². The highest BCUT2D eigenvalue weighted by Crippen LogP contribution is 2.41. The standard InChI is InChI=1S/C19H17BrClNO2/c1-2-11-12-5-3-4-6-16(12)24-17(11)9-14-13-7-10(21)8-15(20)18(13)22-19(14)23/h7-9H,2-6H2,1H3,(H,22,23). The molecule has 0 radical (unpaired) electrons. The molecule has 24 heavy (non-hydrogen) atoms. The lowest BCUT2D eigenvalue weighted by molar-refractivity contribution is -0.110. The first-order valence-electron chi connectivity index (χ1n) is 8.24. The first kappa shape index (κ1) is 16.0. The van der Waals surface area contributed by atoms with Crippen LogP contribution in [0.1, 0.15) is 48.0 Å². The average molecular weight is 407 g/mol. The maximum absolute atomic E-state index is 12.5. The average Bonchev–Trinajstić information content (AvgIpc) is 3.06. The highest BCUT2D eigenvalue weighted by atomic mass is 79.9. The van der Waals surface area contributed by atoms with Gasteiger partial charge in [-0.05, 0) is 65.4 Å². The molecular formula is C19H17BrClNO2. The van der Waals surface area contributed by atoms with E-state index in [4.69, 9.17) is 16.0 Å². The normalized spacial score (nSPS) is 17.8. The van der Waals surface area contributed by atoms with Gasteiger partial charge in [0.1, 0.15) is 11.5 Å². The molecule has 1 aromatic carbocycles. The second kappa shape index (κ2) is 6.08. The lowest BCUT2D eigenvalue weighted by Gasteiger charge is -2.09. The zero-order valence-corrected chi connectivity index (χ0v) is 15.7. The van der Waals surface area contributed by atoms with Crippen LogP contribution in [0.2, 0.25) is 5.02 Å². The Morgan fingerprint density at radius 3 is 2.92 bits per heavy atom. The maximum atomic E-state index is 12.5. The summed E-state index contributed by atoms with van der Waals surface area (Å²) in [5.74, 6) is 1.79. The van der Waals surface area contributed by atoms with E-state index in [-0.39, 0.29) is 5.91 Å². The van der Waals surface area contributed by atoms with Gasteiger partial charge in [-0.1, -0.05) is 18.5 Å². The molecule has 0 fully saturated rings. The number of carbonyl (C=O) groups is 1. The van der Waals surface area contributed by atoms with Gasteiger partial charge in [-0.15, -0.1) is 0 Å². The number of anilines is 1. The van der Waals surface area contributed by atoms with Crippen LogP contribution in [0.25, 0.3) is 11.6 Å². The van der Waals surface area contributed by atoms with Crippen LogP contribution in [0.5, 0.6) is 0 Å². The number of hydrogen-bond acceptors (Lipinski definition) is 2. The Labute approximate surface area is 154 Å². The molecule has 0 unspecified atom stereocenters. The number of fused-ring (bicyclic) bond motifs is 2. The number of halogens is 2. The van der Waals surface area contributed by atoms with Crippen LogP contribution in [0, 0.1) is 0 Å². The highest BCUT2D eigenvalue weighted by molar-refractivity contribution is 9.10. The minimum absolute atomic E-state index is 0.121. The van der Waals surface area contributed by atoms with Gasteiger partial charge in [0.2, 0.25) is 0 Å². The SMILES string of the molecule is CCc1c(C=C2C(=O)Nc3c(Br)cc(Cl)cc32)oc2c1CCCC2. The van der Waals surface area contributed by atoms with Crippen LogP contribution in [0.3, 0.4) is 0 Å². The van der Waals surface area contributed by atoms with Gasteiger partial charge in [0.15, 0.2) is 0 Å². The van der Waals surface area contributed by atoms with Crippen molar-refractivity contribution < 1.29 is 9.21 Å². The molecule has 2 aliphatic rings. The van der Waals surface area contributed by atoms with Gasteiger partial charge in [0.25, 0.3) is 5.91 Å². The minimum atomic E-state index is -0.121. The van der Waals surface area contributed by atoms with Gasteiger partial charge in [0.05, 0.1) is 11.3 Å². The lowest BCUT2D eigenvalue weighted by atomic mass is 9.93. The number of furan rings is 1. The van der Waals surface area contributed by atoms with Crippen molar-refractivity contribution >= 4 is 50.8 Å². The first-order chi connectivity index (χ1) is 11.6. The fourth-order valence-electron chi connectivity index (χ4n) is 3.65. The molecule has 1 aliphatic carbocycles. The van der Waals surface area contributed by atoms with E-state index in [2.05, 4.69) is 28.2 Å². The first-order valence-corrected chi connectivity index (χ1v) is 9.41. The van der Waals surface area contributed by atoms with Crippen molar-refractivity contribution in [2.45, 2.75) is 39.0 Å². The Balaban J connectivity index is 1.86. The van der Waals surface area contributed by atoms with E-state index in [9.17, 15) is 4.79 Å². The van der Waals surface area contributed by atoms with Gasteiger partial charge in [0, 0.05) is 27.0 Å². The van der Waals surface area contributed by atoms with Crippen molar-refractivity contribution in [2.24, 2.45) is 0 Å². The van der Waals surface area contributed by atoms with Gasteiger partial charge >= 0.3 is 0 Å². The molecule has 1 N–H and O–H groups in total. The van der Waals surface area contributed by atoms with E-state index in [1.165, 1.54) is 24.0 Å². The monoisotopic (exact) mass is 405 g/mol. The molecule has 0 atom stereocenters. The smallest absolute Gasteiger partial charge is 0.256 e.